The number of amides is 2. The number of hydrogen-bond donors (Lipinski definition) is 1. The van der Waals surface area contributed by atoms with Gasteiger partial charge in [-0.2, -0.15) is 13.2 Å². The highest BCUT2D eigenvalue weighted by Gasteiger charge is 2.37. The summed E-state index contributed by atoms with van der Waals surface area (Å²) in [5.41, 5.74) is -1.18. The van der Waals surface area contributed by atoms with Crippen molar-refractivity contribution in [3.05, 3.63) is 92.4 Å². The maximum absolute atomic E-state index is 14.0. The molecule has 2 amide bonds. The zero-order valence-electron chi connectivity index (χ0n) is 24.5. The minimum absolute atomic E-state index is 0.188. The van der Waals surface area contributed by atoms with Crippen LogP contribution in [-0.4, -0.2) is 43.3 Å². The molecule has 0 saturated carbocycles. The molecule has 0 aliphatic rings. The Morgan fingerprint density at radius 1 is 0.886 bits per heavy atom. The lowest BCUT2D eigenvalue weighted by Gasteiger charge is -2.33. The molecule has 7 nitrogen and oxygen atoms in total. The van der Waals surface area contributed by atoms with Crippen LogP contribution in [0.2, 0.25) is 15.1 Å². The molecule has 3 aromatic carbocycles. The van der Waals surface area contributed by atoms with Crippen molar-refractivity contribution in [2.24, 2.45) is 0 Å². The fourth-order valence-corrected chi connectivity index (χ4v) is 6.09. The molecule has 0 saturated heterocycles. The highest BCUT2D eigenvalue weighted by molar-refractivity contribution is 7.92. The Labute approximate surface area is 269 Å². The standard InChI is InChI=1S/C30H31Cl3F3N3O4S/c1-18-6-10-22(11-7-18)44(42,43)39(21-9-13-24(31)23(15-21)30(34,35)36)17-27(40)38(19(2)28(41)37-29(3,4)5)16-20-8-12-25(32)26(33)14-20/h6-15,19H,16-17H2,1-5H3,(H,37,41)/t19-/m0/s1. The summed E-state index contributed by atoms with van der Waals surface area (Å²) in [5, 5.41) is 2.58. The Balaban J connectivity index is 2.14. The van der Waals surface area contributed by atoms with E-state index in [1.54, 1.807) is 33.8 Å². The average molecular weight is 693 g/mol. The second-order valence-electron chi connectivity index (χ2n) is 11.2. The van der Waals surface area contributed by atoms with Crippen LogP contribution < -0.4 is 9.62 Å². The Morgan fingerprint density at radius 3 is 2.02 bits per heavy atom. The lowest BCUT2D eigenvalue weighted by atomic mass is 10.1. The predicted octanol–water partition coefficient (Wildman–Crippen LogP) is 7.50. The number of benzene rings is 3. The van der Waals surface area contributed by atoms with E-state index in [0.717, 1.165) is 22.6 Å². The normalized spacial score (nSPS) is 12.9. The third-order valence-electron chi connectivity index (χ3n) is 6.43. The summed E-state index contributed by atoms with van der Waals surface area (Å²) in [4.78, 5) is 28.1. The Hall–Kier alpha value is -2.99. The number of halogens is 6. The first-order valence-corrected chi connectivity index (χ1v) is 15.8. The summed E-state index contributed by atoms with van der Waals surface area (Å²) in [7, 11) is -4.60. The smallest absolute Gasteiger partial charge is 0.350 e. The summed E-state index contributed by atoms with van der Waals surface area (Å²) in [6, 6.07) is 11.6. The number of carbonyl (C=O) groups excluding carboxylic acids is 2. The number of alkyl halides is 3. The fraction of sp³-hybridized carbons (Fsp3) is 0.333. The molecule has 0 aliphatic carbocycles. The third kappa shape index (κ3) is 8.80. The molecule has 238 valence electrons. The lowest BCUT2D eigenvalue weighted by Crippen LogP contribution is -2.54. The molecule has 0 unspecified atom stereocenters. The molecule has 44 heavy (non-hydrogen) atoms. The van der Waals surface area contributed by atoms with Gasteiger partial charge in [0.15, 0.2) is 0 Å². The van der Waals surface area contributed by atoms with Crippen molar-refractivity contribution in [3.63, 3.8) is 0 Å². The van der Waals surface area contributed by atoms with E-state index in [-0.39, 0.29) is 21.5 Å². The summed E-state index contributed by atoms with van der Waals surface area (Å²) >= 11 is 18.0. The van der Waals surface area contributed by atoms with Crippen LogP contribution in [0.3, 0.4) is 0 Å². The number of rotatable bonds is 9. The number of nitrogens with zero attached hydrogens (tertiary/aromatic N) is 2. The molecular formula is C30H31Cl3F3N3O4S. The Morgan fingerprint density at radius 2 is 1.48 bits per heavy atom. The molecule has 0 bridgehead atoms. The molecular weight excluding hydrogens is 662 g/mol. The maximum atomic E-state index is 14.0. The summed E-state index contributed by atoms with van der Waals surface area (Å²) in [6.07, 6.45) is -4.91. The first-order chi connectivity index (χ1) is 20.2. The van der Waals surface area contributed by atoms with Gasteiger partial charge in [0.05, 0.1) is 31.2 Å². The molecule has 3 aromatic rings. The van der Waals surface area contributed by atoms with Gasteiger partial charge in [-0.1, -0.05) is 58.6 Å². The van der Waals surface area contributed by atoms with E-state index >= 15 is 0 Å². The molecule has 14 heteroatoms. The van der Waals surface area contributed by atoms with Gasteiger partial charge in [0.2, 0.25) is 11.8 Å². The first kappa shape index (κ1) is 35.5. The van der Waals surface area contributed by atoms with Crippen molar-refractivity contribution in [1.29, 1.82) is 0 Å². The molecule has 1 N–H and O–H groups in total. The molecule has 0 heterocycles. The topological polar surface area (TPSA) is 86.8 Å². The van der Waals surface area contributed by atoms with Crippen molar-refractivity contribution in [1.82, 2.24) is 10.2 Å². The SMILES string of the molecule is Cc1ccc(S(=O)(=O)N(CC(=O)N(Cc2ccc(Cl)c(Cl)c2)[C@@H](C)C(=O)NC(C)(C)C)c2ccc(Cl)c(C(F)(F)F)c2)cc1. The number of hydrogen-bond acceptors (Lipinski definition) is 4. The zero-order chi connectivity index (χ0) is 33.2. The van der Waals surface area contributed by atoms with Crippen molar-refractivity contribution in [2.45, 2.75) is 63.8 Å². The third-order valence-corrected chi connectivity index (χ3v) is 9.29. The summed E-state index contributed by atoms with van der Waals surface area (Å²) < 4.78 is 69.8. The van der Waals surface area contributed by atoms with Crippen LogP contribution in [0.25, 0.3) is 0 Å². The highest BCUT2D eigenvalue weighted by Crippen LogP contribution is 2.38. The van der Waals surface area contributed by atoms with E-state index in [0.29, 0.717) is 15.9 Å². The van der Waals surface area contributed by atoms with Gasteiger partial charge in [0.25, 0.3) is 10.0 Å². The van der Waals surface area contributed by atoms with Crippen LogP contribution >= 0.6 is 34.8 Å². The number of sulfonamides is 1. The van der Waals surface area contributed by atoms with Gasteiger partial charge in [-0.25, -0.2) is 8.42 Å². The molecule has 0 radical (unpaired) electrons. The minimum Gasteiger partial charge on any atom is -0.350 e. The van der Waals surface area contributed by atoms with Gasteiger partial charge >= 0.3 is 6.18 Å². The summed E-state index contributed by atoms with van der Waals surface area (Å²) in [6.45, 7) is 7.30. The number of carbonyl (C=O) groups is 2. The first-order valence-electron chi connectivity index (χ1n) is 13.2. The van der Waals surface area contributed by atoms with Crippen LogP contribution in [0.15, 0.2) is 65.6 Å². The van der Waals surface area contributed by atoms with Gasteiger partial charge in [-0.05, 0) is 82.6 Å². The van der Waals surface area contributed by atoms with E-state index in [1.807, 2.05) is 0 Å². The molecule has 0 aliphatic heterocycles. The van der Waals surface area contributed by atoms with Gasteiger partial charge in [0, 0.05) is 12.1 Å². The fourth-order valence-electron chi connectivity index (χ4n) is 4.14. The van der Waals surface area contributed by atoms with Crippen molar-refractivity contribution in [3.8, 4) is 0 Å². The van der Waals surface area contributed by atoms with E-state index in [4.69, 9.17) is 34.8 Å². The van der Waals surface area contributed by atoms with E-state index in [9.17, 15) is 31.2 Å². The van der Waals surface area contributed by atoms with Gasteiger partial charge < -0.3 is 10.2 Å². The monoisotopic (exact) mass is 691 g/mol. The zero-order valence-corrected chi connectivity index (χ0v) is 27.6. The van der Waals surface area contributed by atoms with E-state index < -0.39 is 62.4 Å². The Bertz CT molecular complexity index is 1640. The minimum atomic E-state index is -4.91. The molecule has 0 spiro atoms. The van der Waals surface area contributed by atoms with Gasteiger partial charge in [-0.3, -0.25) is 13.9 Å². The van der Waals surface area contributed by atoms with Crippen molar-refractivity contribution in [2.75, 3.05) is 10.8 Å². The van der Waals surface area contributed by atoms with Crippen LogP contribution in [-0.2, 0) is 32.3 Å². The molecule has 0 fully saturated rings. The Kier molecular flexibility index (Phi) is 10.9. The maximum Gasteiger partial charge on any atom is 0.417 e. The summed E-state index contributed by atoms with van der Waals surface area (Å²) in [5.74, 6) is -1.41. The predicted molar refractivity (Wildman–Crippen MR) is 167 cm³/mol. The molecule has 0 aromatic heterocycles. The second kappa shape index (κ2) is 13.6. The van der Waals surface area contributed by atoms with Gasteiger partial charge in [0.1, 0.15) is 12.6 Å². The van der Waals surface area contributed by atoms with Crippen LogP contribution in [0.4, 0.5) is 18.9 Å². The largest absolute Gasteiger partial charge is 0.417 e. The highest BCUT2D eigenvalue weighted by atomic mass is 35.5. The number of nitrogens with one attached hydrogen (secondary N) is 1. The van der Waals surface area contributed by atoms with Crippen LogP contribution in [0.1, 0.15) is 44.4 Å². The quantitative estimate of drug-likeness (QED) is 0.252. The van der Waals surface area contributed by atoms with Gasteiger partial charge in [-0.15, -0.1) is 0 Å². The molecule has 1 atom stereocenters. The lowest BCUT2D eigenvalue weighted by molar-refractivity contribution is -0.140. The van der Waals surface area contributed by atoms with E-state index in [2.05, 4.69) is 5.32 Å². The van der Waals surface area contributed by atoms with E-state index in [1.165, 1.54) is 43.3 Å². The second-order valence-corrected chi connectivity index (χ2v) is 14.3. The van der Waals surface area contributed by atoms with Crippen LogP contribution in [0, 0.1) is 6.92 Å². The average Bonchev–Trinajstić information content (AvgIpc) is 2.90. The van der Waals surface area contributed by atoms with Crippen LogP contribution in [0.5, 0.6) is 0 Å². The van der Waals surface area contributed by atoms with Crippen molar-refractivity contribution >= 4 is 62.3 Å². The number of anilines is 1. The number of aryl methyl sites for hydroxylation is 1. The van der Waals surface area contributed by atoms with Crippen molar-refractivity contribution < 1.29 is 31.2 Å². The molecule has 3 rings (SSSR count).